The third-order valence-electron chi connectivity index (χ3n) is 6.01. The number of hydrogen-bond donors (Lipinski definition) is 1. The number of rotatable bonds is 10. The number of halogens is 1. The molecule has 0 radical (unpaired) electrons. The van der Waals surface area contributed by atoms with Crippen molar-refractivity contribution in [3.63, 3.8) is 0 Å². The van der Waals surface area contributed by atoms with Crippen LogP contribution < -0.4 is 9.64 Å². The van der Waals surface area contributed by atoms with Crippen LogP contribution in [0.3, 0.4) is 0 Å². The molecule has 1 N–H and O–H groups in total. The van der Waals surface area contributed by atoms with Gasteiger partial charge in [-0.25, -0.2) is 9.78 Å². The maximum Gasteiger partial charge on any atom is 0.350 e. The van der Waals surface area contributed by atoms with Crippen LogP contribution in [0, 0.1) is 6.92 Å². The molecule has 10 heteroatoms. The molecule has 4 rings (SSSR count). The zero-order chi connectivity index (χ0) is 28.1. The fourth-order valence-electron chi connectivity index (χ4n) is 4.10. The summed E-state index contributed by atoms with van der Waals surface area (Å²) in [5, 5.41) is 11.8. The van der Waals surface area contributed by atoms with E-state index >= 15 is 0 Å². The Kier molecular flexibility index (Phi) is 8.83. The third-order valence-corrected chi connectivity index (χ3v) is 7.38. The molecule has 0 saturated carbocycles. The van der Waals surface area contributed by atoms with Crippen LogP contribution in [0.15, 0.2) is 66.8 Å². The molecule has 1 saturated heterocycles. The van der Waals surface area contributed by atoms with E-state index in [-0.39, 0.29) is 27.9 Å². The number of ether oxygens (including phenoxy) is 2. The standard InChI is InChI=1S/C29H27ClN2O6S/c1-4-6-15-37-21-12-10-18(11-13-21)24(33)22-23(19-8-7-9-20(30)16-19)32(27(35)25(22)34)29-31-17(3)26(39-29)28(36)38-14-5-2/h5,7-13,16,23,33H,2,4,6,14-15H2,1,3H3. The first-order valence-corrected chi connectivity index (χ1v) is 13.5. The van der Waals surface area contributed by atoms with Crippen LogP contribution in [0.1, 0.15) is 52.3 Å². The van der Waals surface area contributed by atoms with Crippen LogP contribution in [-0.2, 0) is 14.3 Å². The second-order valence-corrected chi connectivity index (χ2v) is 10.2. The molecule has 2 heterocycles. The first kappa shape index (κ1) is 28.1. The number of benzene rings is 2. The van der Waals surface area contributed by atoms with E-state index in [0.29, 0.717) is 34.2 Å². The van der Waals surface area contributed by atoms with Crippen LogP contribution in [0.25, 0.3) is 5.76 Å². The lowest BCUT2D eigenvalue weighted by Crippen LogP contribution is -2.29. The normalized spacial score (nSPS) is 16.4. The summed E-state index contributed by atoms with van der Waals surface area (Å²) >= 11 is 7.18. The minimum absolute atomic E-state index is 0.0149. The first-order chi connectivity index (χ1) is 18.8. The number of ketones is 1. The van der Waals surface area contributed by atoms with E-state index in [2.05, 4.69) is 18.5 Å². The highest BCUT2D eigenvalue weighted by atomic mass is 35.5. The van der Waals surface area contributed by atoms with Gasteiger partial charge in [0, 0.05) is 10.6 Å². The number of aryl methyl sites for hydroxylation is 1. The van der Waals surface area contributed by atoms with E-state index in [9.17, 15) is 19.5 Å². The van der Waals surface area contributed by atoms with Gasteiger partial charge in [-0.15, -0.1) is 0 Å². The number of carbonyl (C=O) groups is 3. The molecule has 3 aromatic rings. The highest BCUT2D eigenvalue weighted by molar-refractivity contribution is 7.17. The fourth-order valence-corrected chi connectivity index (χ4v) is 5.28. The van der Waals surface area contributed by atoms with E-state index in [4.69, 9.17) is 21.1 Å². The van der Waals surface area contributed by atoms with Gasteiger partial charge < -0.3 is 14.6 Å². The summed E-state index contributed by atoms with van der Waals surface area (Å²) in [4.78, 5) is 45.1. The van der Waals surface area contributed by atoms with Crippen molar-refractivity contribution in [2.24, 2.45) is 0 Å². The summed E-state index contributed by atoms with van der Waals surface area (Å²) in [5.74, 6) is -2.11. The van der Waals surface area contributed by atoms with E-state index in [1.807, 2.05) is 0 Å². The van der Waals surface area contributed by atoms with E-state index in [0.717, 1.165) is 24.2 Å². The maximum atomic E-state index is 13.4. The topological polar surface area (TPSA) is 106 Å². The summed E-state index contributed by atoms with van der Waals surface area (Å²) in [7, 11) is 0. The van der Waals surface area contributed by atoms with Gasteiger partial charge in [0.1, 0.15) is 23.0 Å². The summed E-state index contributed by atoms with van der Waals surface area (Å²) in [5.41, 5.74) is 1.05. The van der Waals surface area contributed by atoms with Crippen LogP contribution in [0.5, 0.6) is 5.75 Å². The predicted molar refractivity (Wildman–Crippen MR) is 150 cm³/mol. The Morgan fingerprint density at radius 3 is 2.64 bits per heavy atom. The Hall–Kier alpha value is -3.95. The number of unbranched alkanes of at least 4 members (excludes halogenated alkanes) is 1. The molecule has 0 spiro atoms. The van der Waals surface area contributed by atoms with Gasteiger partial charge in [0.25, 0.3) is 5.78 Å². The van der Waals surface area contributed by atoms with Crippen LogP contribution in [0.2, 0.25) is 5.02 Å². The quantitative estimate of drug-likeness (QED) is 0.0771. The molecular formula is C29H27ClN2O6S. The molecule has 8 nitrogen and oxygen atoms in total. The average molecular weight is 567 g/mol. The second kappa shape index (κ2) is 12.3. The maximum absolute atomic E-state index is 13.4. The molecule has 202 valence electrons. The summed E-state index contributed by atoms with van der Waals surface area (Å²) in [6.07, 6.45) is 3.35. The van der Waals surface area contributed by atoms with Crippen molar-refractivity contribution in [1.82, 2.24) is 4.98 Å². The molecule has 1 amide bonds. The lowest BCUT2D eigenvalue weighted by atomic mass is 9.95. The van der Waals surface area contributed by atoms with Crippen molar-refractivity contribution in [2.75, 3.05) is 18.1 Å². The molecule has 2 aromatic carbocycles. The van der Waals surface area contributed by atoms with Gasteiger partial charge in [0.05, 0.1) is 23.9 Å². The fraction of sp³-hybridized carbons (Fsp3) is 0.241. The predicted octanol–water partition coefficient (Wildman–Crippen LogP) is 6.25. The SMILES string of the molecule is C=CCOC(=O)c1sc(N2C(=O)C(=O)C(=C(O)c3ccc(OCCCC)cc3)C2c2cccc(Cl)c2)nc1C. The number of aromatic nitrogens is 1. The number of nitrogens with zero attached hydrogens (tertiary/aromatic N) is 2. The smallest absolute Gasteiger partial charge is 0.350 e. The van der Waals surface area contributed by atoms with Crippen molar-refractivity contribution in [2.45, 2.75) is 32.7 Å². The van der Waals surface area contributed by atoms with Crippen molar-refractivity contribution in [1.29, 1.82) is 0 Å². The van der Waals surface area contributed by atoms with Crippen LogP contribution in [-0.4, -0.2) is 41.0 Å². The second-order valence-electron chi connectivity index (χ2n) is 8.75. The summed E-state index contributed by atoms with van der Waals surface area (Å²) in [6, 6.07) is 12.3. The molecule has 1 unspecified atom stereocenters. The van der Waals surface area contributed by atoms with Gasteiger partial charge in [-0.2, -0.15) is 0 Å². The molecule has 1 fully saturated rings. The van der Waals surface area contributed by atoms with E-state index in [1.165, 1.54) is 11.0 Å². The zero-order valence-electron chi connectivity index (χ0n) is 21.5. The number of anilines is 1. The van der Waals surface area contributed by atoms with Gasteiger partial charge in [-0.05, 0) is 55.3 Å². The molecule has 0 bridgehead atoms. The monoisotopic (exact) mass is 566 g/mol. The molecule has 39 heavy (non-hydrogen) atoms. The first-order valence-electron chi connectivity index (χ1n) is 12.3. The lowest BCUT2D eigenvalue weighted by Gasteiger charge is -2.23. The average Bonchev–Trinajstić information content (AvgIpc) is 3.44. The number of carbonyl (C=O) groups excluding carboxylic acids is 3. The number of thiazole rings is 1. The Bertz CT molecular complexity index is 1450. The summed E-state index contributed by atoms with van der Waals surface area (Å²) < 4.78 is 10.8. The Morgan fingerprint density at radius 1 is 1.23 bits per heavy atom. The number of aliphatic hydroxyl groups excluding tert-OH is 1. The van der Waals surface area contributed by atoms with Gasteiger partial charge in [0.15, 0.2) is 5.13 Å². The molecular weight excluding hydrogens is 540 g/mol. The Morgan fingerprint density at radius 2 is 1.97 bits per heavy atom. The molecule has 0 aliphatic carbocycles. The highest BCUT2D eigenvalue weighted by Crippen LogP contribution is 2.44. The minimum atomic E-state index is -1.04. The van der Waals surface area contributed by atoms with Gasteiger partial charge in [0.2, 0.25) is 0 Å². The molecule has 1 aliphatic heterocycles. The minimum Gasteiger partial charge on any atom is -0.507 e. The van der Waals surface area contributed by atoms with E-state index in [1.54, 1.807) is 55.5 Å². The zero-order valence-corrected chi connectivity index (χ0v) is 23.1. The lowest BCUT2D eigenvalue weighted by molar-refractivity contribution is -0.132. The summed E-state index contributed by atoms with van der Waals surface area (Å²) in [6.45, 7) is 7.79. The van der Waals surface area contributed by atoms with Gasteiger partial charge >= 0.3 is 11.9 Å². The number of aliphatic hydroxyl groups is 1. The van der Waals surface area contributed by atoms with Gasteiger partial charge in [-0.3, -0.25) is 14.5 Å². The number of amides is 1. The third kappa shape index (κ3) is 5.89. The number of esters is 1. The Labute approximate surface area is 235 Å². The van der Waals surface area contributed by atoms with Crippen molar-refractivity contribution < 1.29 is 29.0 Å². The number of Topliss-reactive ketones (excluding diaryl/α,β-unsaturated/α-hetero) is 1. The van der Waals surface area contributed by atoms with Crippen LogP contribution in [0.4, 0.5) is 5.13 Å². The molecule has 1 aromatic heterocycles. The van der Waals surface area contributed by atoms with Crippen molar-refractivity contribution in [3.8, 4) is 5.75 Å². The van der Waals surface area contributed by atoms with Crippen molar-refractivity contribution in [3.05, 3.63) is 93.5 Å². The molecule has 1 aliphatic rings. The van der Waals surface area contributed by atoms with Crippen LogP contribution >= 0.6 is 22.9 Å². The molecule has 1 atom stereocenters. The largest absolute Gasteiger partial charge is 0.507 e. The van der Waals surface area contributed by atoms with Crippen molar-refractivity contribution >= 4 is 51.5 Å². The Balaban J connectivity index is 1.80. The highest BCUT2D eigenvalue weighted by Gasteiger charge is 2.48. The van der Waals surface area contributed by atoms with E-state index < -0.39 is 23.7 Å². The van der Waals surface area contributed by atoms with Gasteiger partial charge in [-0.1, -0.05) is 61.1 Å². The number of hydrogen-bond acceptors (Lipinski definition) is 8.